The highest BCUT2D eigenvalue weighted by atomic mass is 16.6. The second kappa shape index (κ2) is 8.82. The fourth-order valence-electron chi connectivity index (χ4n) is 2.38. The van der Waals surface area contributed by atoms with E-state index in [0.717, 1.165) is 12.0 Å². The molecular formula is C19H24N3O3+. The molecule has 2 aromatic rings. The van der Waals surface area contributed by atoms with Crippen molar-refractivity contribution in [3.05, 3.63) is 66.0 Å². The van der Waals surface area contributed by atoms with Crippen molar-refractivity contribution in [2.24, 2.45) is 0 Å². The zero-order valence-corrected chi connectivity index (χ0v) is 14.8. The molecule has 1 N–H and O–H groups in total. The number of aromatic nitrogens is 1. The highest BCUT2D eigenvalue weighted by Gasteiger charge is 2.14. The lowest BCUT2D eigenvalue weighted by molar-refractivity contribution is -0.727. The molecule has 1 aromatic heterocycles. The highest BCUT2D eigenvalue weighted by molar-refractivity contribution is 5.93. The second-order valence-electron chi connectivity index (χ2n) is 6.10. The first-order chi connectivity index (χ1) is 12.0. The van der Waals surface area contributed by atoms with Crippen molar-refractivity contribution in [3.63, 3.8) is 0 Å². The minimum Gasteiger partial charge on any atom is -0.388 e. The van der Waals surface area contributed by atoms with Crippen molar-refractivity contribution >= 4 is 12.0 Å². The molecule has 6 nitrogen and oxygen atoms in total. The number of nitrogens with zero attached hydrogens (tertiary/aromatic N) is 2. The molecule has 0 aliphatic carbocycles. The molecule has 2 rings (SSSR count). The lowest BCUT2D eigenvalue weighted by atomic mass is 10.1. The van der Waals surface area contributed by atoms with Gasteiger partial charge in [-0.2, -0.15) is 4.57 Å². The minimum absolute atomic E-state index is 0.0401. The van der Waals surface area contributed by atoms with Gasteiger partial charge in [-0.3, -0.25) is 4.79 Å². The highest BCUT2D eigenvalue weighted by Crippen LogP contribution is 2.03. The lowest BCUT2D eigenvalue weighted by Gasteiger charge is -2.13. The molecule has 1 aromatic carbocycles. The Labute approximate surface area is 148 Å². The molecule has 1 heterocycles. The van der Waals surface area contributed by atoms with E-state index in [1.54, 1.807) is 43.2 Å². The van der Waals surface area contributed by atoms with Crippen molar-refractivity contribution in [3.8, 4) is 0 Å². The maximum atomic E-state index is 11.9. The van der Waals surface area contributed by atoms with Gasteiger partial charge in [-0.25, -0.2) is 4.79 Å². The van der Waals surface area contributed by atoms with Crippen LogP contribution in [-0.2, 0) is 17.9 Å². The molecule has 0 aliphatic rings. The fourth-order valence-corrected chi connectivity index (χ4v) is 2.38. The van der Waals surface area contributed by atoms with E-state index in [4.69, 9.17) is 4.74 Å². The van der Waals surface area contributed by atoms with Gasteiger partial charge in [0.15, 0.2) is 12.4 Å². The maximum absolute atomic E-state index is 11.9. The number of nitrogens with one attached hydrogen (secondary N) is 1. The van der Waals surface area contributed by atoms with Crippen LogP contribution >= 0.6 is 0 Å². The number of hydrogen-bond donors (Lipinski definition) is 1. The average Bonchev–Trinajstić information content (AvgIpc) is 2.60. The number of hydrogen-bond acceptors (Lipinski definition) is 3. The van der Waals surface area contributed by atoms with E-state index < -0.39 is 6.09 Å². The summed E-state index contributed by atoms with van der Waals surface area (Å²) in [6.07, 6.45) is 3.65. The molecule has 0 radical (unpaired) electrons. The van der Waals surface area contributed by atoms with Crippen molar-refractivity contribution in [2.75, 3.05) is 14.1 Å². The second-order valence-corrected chi connectivity index (χ2v) is 6.10. The van der Waals surface area contributed by atoms with Crippen LogP contribution in [0.2, 0.25) is 0 Å². The monoisotopic (exact) mass is 342 g/mol. The van der Waals surface area contributed by atoms with E-state index in [9.17, 15) is 9.59 Å². The van der Waals surface area contributed by atoms with Crippen LogP contribution in [0.25, 0.3) is 0 Å². The standard InChI is InChI=1S/C19H23N3O3/c1-15(12-16-8-5-4-6-9-16)20-19(24)25-14-22-11-7-10-17(13-22)18(23)21(2)3/h4-11,13,15H,12,14H2,1-3H3/p+1. The predicted octanol–water partition coefficient (Wildman–Crippen LogP) is 1.99. The SMILES string of the molecule is CC(Cc1ccccc1)NC(=O)OC[n+]1cccc(C(=O)N(C)C)c1. The molecule has 0 fully saturated rings. The summed E-state index contributed by atoms with van der Waals surface area (Å²) in [4.78, 5) is 25.4. The molecule has 0 spiro atoms. The van der Waals surface area contributed by atoms with Gasteiger partial charge in [-0.1, -0.05) is 30.3 Å². The first kappa shape index (κ1) is 18.4. The molecule has 1 atom stereocenters. The van der Waals surface area contributed by atoms with E-state index in [1.807, 2.05) is 37.3 Å². The Morgan fingerprint density at radius 2 is 1.88 bits per heavy atom. The molecule has 0 saturated carbocycles. The zero-order valence-electron chi connectivity index (χ0n) is 14.8. The number of pyridine rings is 1. The largest absolute Gasteiger partial charge is 0.412 e. The average molecular weight is 342 g/mol. The summed E-state index contributed by atoms with van der Waals surface area (Å²) in [5, 5.41) is 2.80. The summed E-state index contributed by atoms with van der Waals surface area (Å²) in [5.41, 5.74) is 1.69. The van der Waals surface area contributed by atoms with Gasteiger partial charge in [-0.15, -0.1) is 0 Å². The van der Waals surface area contributed by atoms with E-state index in [-0.39, 0.29) is 18.7 Å². The number of benzene rings is 1. The number of carbonyl (C=O) groups is 2. The Morgan fingerprint density at radius 1 is 1.16 bits per heavy atom. The van der Waals surface area contributed by atoms with Gasteiger partial charge in [0, 0.05) is 26.2 Å². The van der Waals surface area contributed by atoms with E-state index in [1.165, 1.54) is 4.90 Å². The zero-order chi connectivity index (χ0) is 18.2. The van der Waals surface area contributed by atoms with Crippen LogP contribution in [0.15, 0.2) is 54.9 Å². The molecule has 2 amide bonds. The summed E-state index contributed by atoms with van der Waals surface area (Å²) in [6, 6.07) is 13.4. The van der Waals surface area contributed by atoms with Gasteiger partial charge in [0.25, 0.3) is 12.6 Å². The van der Waals surface area contributed by atoms with Gasteiger partial charge in [0.05, 0.1) is 0 Å². The van der Waals surface area contributed by atoms with Crippen LogP contribution in [0.1, 0.15) is 22.8 Å². The summed E-state index contributed by atoms with van der Waals surface area (Å²) >= 11 is 0. The molecule has 6 heteroatoms. The van der Waals surface area contributed by atoms with E-state index >= 15 is 0 Å². The quantitative estimate of drug-likeness (QED) is 0.817. The van der Waals surface area contributed by atoms with Crippen molar-refractivity contribution in [1.29, 1.82) is 0 Å². The van der Waals surface area contributed by atoms with Gasteiger partial charge in [0.2, 0.25) is 0 Å². The molecule has 1 unspecified atom stereocenters. The number of ether oxygens (including phenoxy) is 1. The number of alkyl carbamates (subject to hydrolysis) is 1. The third kappa shape index (κ3) is 5.91. The molecule has 25 heavy (non-hydrogen) atoms. The molecule has 0 aliphatic heterocycles. The Morgan fingerprint density at radius 3 is 2.56 bits per heavy atom. The number of rotatable bonds is 6. The van der Waals surface area contributed by atoms with Crippen LogP contribution in [0.5, 0.6) is 0 Å². The molecular weight excluding hydrogens is 318 g/mol. The predicted molar refractivity (Wildman–Crippen MR) is 93.9 cm³/mol. The number of carbonyl (C=O) groups excluding carboxylic acids is 2. The smallest absolute Gasteiger partial charge is 0.388 e. The van der Waals surface area contributed by atoms with Crippen LogP contribution < -0.4 is 9.88 Å². The topological polar surface area (TPSA) is 62.5 Å². The third-order valence-corrected chi connectivity index (χ3v) is 3.61. The van der Waals surface area contributed by atoms with E-state index in [0.29, 0.717) is 5.56 Å². The molecule has 0 saturated heterocycles. The van der Waals surface area contributed by atoms with Crippen LogP contribution in [0.3, 0.4) is 0 Å². The maximum Gasteiger partial charge on any atom is 0.412 e. The normalized spacial score (nSPS) is 11.5. The lowest BCUT2D eigenvalue weighted by Crippen LogP contribution is -2.41. The van der Waals surface area contributed by atoms with Crippen LogP contribution in [0, 0.1) is 0 Å². The van der Waals surface area contributed by atoms with Gasteiger partial charge in [0.1, 0.15) is 5.56 Å². The summed E-state index contributed by atoms with van der Waals surface area (Å²) in [7, 11) is 3.38. The van der Waals surface area contributed by atoms with E-state index in [2.05, 4.69) is 5.32 Å². The number of amides is 2. The molecule has 132 valence electrons. The van der Waals surface area contributed by atoms with Crippen molar-refractivity contribution in [2.45, 2.75) is 26.1 Å². The van der Waals surface area contributed by atoms with Gasteiger partial charge >= 0.3 is 6.09 Å². The van der Waals surface area contributed by atoms with Crippen molar-refractivity contribution < 1.29 is 18.9 Å². The summed E-state index contributed by atoms with van der Waals surface area (Å²) < 4.78 is 6.87. The van der Waals surface area contributed by atoms with Crippen molar-refractivity contribution in [1.82, 2.24) is 10.2 Å². The van der Waals surface area contributed by atoms with Crippen LogP contribution in [0.4, 0.5) is 4.79 Å². The Bertz CT molecular complexity index is 717. The third-order valence-electron chi connectivity index (χ3n) is 3.61. The molecule has 0 bridgehead atoms. The fraction of sp³-hybridized carbons (Fsp3) is 0.316. The minimum atomic E-state index is -0.486. The first-order valence-corrected chi connectivity index (χ1v) is 8.13. The summed E-state index contributed by atoms with van der Waals surface area (Å²) in [5.74, 6) is -0.102. The van der Waals surface area contributed by atoms with Gasteiger partial charge in [-0.05, 0) is 25.0 Å². The Kier molecular flexibility index (Phi) is 6.51. The Hall–Kier alpha value is -2.89. The first-order valence-electron chi connectivity index (χ1n) is 8.13. The summed E-state index contributed by atoms with van der Waals surface area (Å²) in [6.45, 7) is 1.97. The van der Waals surface area contributed by atoms with Gasteiger partial charge < -0.3 is 15.0 Å². The van der Waals surface area contributed by atoms with Crippen LogP contribution in [-0.4, -0.2) is 37.0 Å². The Balaban J connectivity index is 1.83.